The number of ether oxygens (including phenoxy) is 2. The van der Waals surface area contributed by atoms with E-state index >= 15 is 0 Å². The van der Waals surface area contributed by atoms with Crippen LogP contribution in [0.15, 0.2) is 54.6 Å². The molecule has 1 heterocycles. The molecule has 0 saturated heterocycles. The summed E-state index contributed by atoms with van der Waals surface area (Å²) >= 11 is 0. The first-order chi connectivity index (χ1) is 13.0. The maximum Gasteiger partial charge on any atom is 0.189 e. The quantitative estimate of drug-likeness (QED) is 0.482. The number of allylic oxidation sites excluding steroid dienone is 1. The number of para-hydroxylation sites is 1. The second-order valence-corrected chi connectivity index (χ2v) is 6.10. The largest absolute Gasteiger partial charge is 0.497 e. The fourth-order valence-electron chi connectivity index (χ4n) is 3.02. The first kappa shape index (κ1) is 18.5. The monoisotopic (exact) mass is 362 g/mol. The van der Waals surface area contributed by atoms with Crippen molar-refractivity contribution >= 4 is 11.9 Å². The van der Waals surface area contributed by atoms with E-state index in [2.05, 4.69) is 5.10 Å². The van der Waals surface area contributed by atoms with Gasteiger partial charge in [-0.1, -0.05) is 18.2 Å². The molecule has 0 radical (unpaired) electrons. The fourth-order valence-corrected chi connectivity index (χ4v) is 3.02. The van der Waals surface area contributed by atoms with Gasteiger partial charge in [-0.3, -0.25) is 4.79 Å². The van der Waals surface area contributed by atoms with Crippen molar-refractivity contribution in [1.29, 1.82) is 0 Å². The predicted octanol–water partition coefficient (Wildman–Crippen LogP) is 4.40. The van der Waals surface area contributed by atoms with Crippen molar-refractivity contribution in [3.05, 3.63) is 77.1 Å². The van der Waals surface area contributed by atoms with E-state index in [4.69, 9.17) is 9.47 Å². The SMILES string of the molecule is COc1ccc(/C=C/C(=O)c2c(C)nn(-c3ccccc3)c2C)c(OC)c1. The number of hydrogen-bond acceptors (Lipinski definition) is 4. The van der Waals surface area contributed by atoms with Gasteiger partial charge in [-0.15, -0.1) is 0 Å². The molecule has 138 valence electrons. The van der Waals surface area contributed by atoms with Gasteiger partial charge in [0.15, 0.2) is 5.78 Å². The third-order valence-electron chi connectivity index (χ3n) is 4.39. The fraction of sp³-hybridized carbons (Fsp3) is 0.182. The van der Waals surface area contributed by atoms with Crippen molar-refractivity contribution in [3.8, 4) is 17.2 Å². The van der Waals surface area contributed by atoms with Crippen LogP contribution in [-0.4, -0.2) is 29.8 Å². The average Bonchev–Trinajstić information content (AvgIpc) is 3.00. The van der Waals surface area contributed by atoms with Crippen molar-refractivity contribution < 1.29 is 14.3 Å². The molecule has 0 saturated carbocycles. The number of benzene rings is 2. The third kappa shape index (κ3) is 3.77. The Bertz CT molecular complexity index is 988. The van der Waals surface area contributed by atoms with Gasteiger partial charge in [0, 0.05) is 11.6 Å². The Kier molecular flexibility index (Phi) is 5.41. The minimum atomic E-state index is -0.0925. The Balaban J connectivity index is 1.91. The molecule has 0 amide bonds. The molecule has 0 atom stereocenters. The molecule has 27 heavy (non-hydrogen) atoms. The molecular weight excluding hydrogens is 340 g/mol. The number of nitrogens with zero attached hydrogens (tertiary/aromatic N) is 2. The molecule has 3 aromatic rings. The van der Waals surface area contributed by atoms with Gasteiger partial charge in [0.1, 0.15) is 11.5 Å². The van der Waals surface area contributed by atoms with E-state index in [1.165, 1.54) is 0 Å². The molecule has 0 fully saturated rings. The first-order valence-corrected chi connectivity index (χ1v) is 8.61. The Morgan fingerprint density at radius 2 is 1.78 bits per heavy atom. The molecule has 0 spiro atoms. The summed E-state index contributed by atoms with van der Waals surface area (Å²) in [5.41, 5.74) is 3.86. The molecule has 2 aromatic carbocycles. The lowest BCUT2D eigenvalue weighted by molar-refractivity contribution is 0.104. The van der Waals surface area contributed by atoms with Gasteiger partial charge in [0.2, 0.25) is 0 Å². The molecule has 0 aliphatic carbocycles. The molecule has 5 heteroatoms. The van der Waals surface area contributed by atoms with Gasteiger partial charge in [0.05, 0.1) is 36.9 Å². The topological polar surface area (TPSA) is 53.3 Å². The van der Waals surface area contributed by atoms with Crippen LogP contribution >= 0.6 is 0 Å². The molecule has 0 aliphatic rings. The molecule has 0 unspecified atom stereocenters. The minimum Gasteiger partial charge on any atom is -0.497 e. The van der Waals surface area contributed by atoms with Crippen molar-refractivity contribution in [1.82, 2.24) is 9.78 Å². The number of carbonyl (C=O) groups excluding carboxylic acids is 1. The zero-order chi connectivity index (χ0) is 19.4. The molecule has 5 nitrogen and oxygen atoms in total. The van der Waals surface area contributed by atoms with Crippen molar-refractivity contribution in [3.63, 3.8) is 0 Å². The third-order valence-corrected chi connectivity index (χ3v) is 4.39. The zero-order valence-corrected chi connectivity index (χ0v) is 15.9. The van der Waals surface area contributed by atoms with E-state index in [1.807, 2.05) is 56.3 Å². The van der Waals surface area contributed by atoms with Crippen LogP contribution in [0, 0.1) is 13.8 Å². The highest BCUT2D eigenvalue weighted by atomic mass is 16.5. The van der Waals surface area contributed by atoms with Crippen LogP contribution in [-0.2, 0) is 0 Å². The van der Waals surface area contributed by atoms with Gasteiger partial charge >= 0.3 is 0 Å². The van der Waals surface area contributed by atoms with E-state index in [-0.39, 0.29) is 5.78 Å². The molecule has 0 aliphatic heterocycles. The minimum absolute atomic E-state index is 0.0925. The normalized spacial score (nSPS) is 11.0. The van der Waals surface area contributed by atoms with E-state index in [0.717, 1.165) is 16.9 Å². The summed E-state index contributed by atoms with van der Waals surface area (Å²) in [5, 5.41) is 4.53. The maximum absolute atomic E-state index is 12.8. The van der Waals surface area contributed by atoms with Gasteiger partial charge in [-0.25, -0.2) is 4.68 Å². The van der Waals surface area contributed by atoms with Crippen LogP contribution in [0.2, 0.25) is 0 Å². The van der Waals surface area contributed by atoms with E-state index in [0.29, 0.717) is 22.8 Å². The van der Waals surface area contributed by atoms with Crippen molar-refractivity contribution in [2.75, 3.05) is 14.2 Å². The molecule has 0 bridgehead atoms. The Labute approximate surface area is 158 Å². The van der Waals surface area contributed by atoms with Gasteiger partial charge < -0.3 is 9.47 Å². The second-order valence-electron chi connectivity index (χ2n) is 6.10. The van der Waals surface area contributed by atoms with Crippen molar-refractivity contribution in [2.24, 2.45) is 0 Å². The number of hydrogen-bond donors (Lipinski definition) is 0. The lowest BCUT2D eigenvalue weighted by Gasteiger charge is -2.07. The molecular formula is C22H22N2O3. The maximum atomic E-state index is 12.8. The van der Waals surface area contributed by atoms with Gasteiger partial charge in [-0.2, -0.15) is 5.10 Å². The summed E-state index contributed by atoms with van der Waals surface area (Å²) in [7, 11) is 3.19. The Morgan fingerprint density at radius 3 is 2.44 bits per heavy atom. The van der Waals surface area contributed by atoms with E-state index in [1.54, 1.807) is 37.1 Å². The lowest BCUT2D eigenvalue weighted by Crippen LogP contribution is -2.01. The standard InChI is InChI=1S/C22H22N2O3/c1-15-22(16(2)24(23-15)18-8-6-5-7-9-18)20(25)13-11-17-10-12-19(26-3)14-21(17)27-4/h5-14H,1-4H3/b13-11+. The van der Waals surface area contributed by atoms with Crippen LogP contribution < -0.4 is 9.47 Å². The smallest absolute Gasteiger partial charge is 0.189 e. The van der Waals surface area contributed by atoms with Crippen LogP contribution in [0.25, 0.3) is 11.8 Å². The highest BCUT2D eigenvalue weighted by Gasteiger charge is 2.17. The van der Waals surface area contributed by atoms with Gasteiger partial charge in [-0.05, 0) is 50.3 Å². The number of aromatic nitrogens is 2. The van der Waals surface area contributed by atoms with Crippen molar-refractivity contribution in [2.45, 2.75) is 13.8 Å². The summed E-state index contributed by atoms with van der Waals surface area (Å²) < 4.78 is 12.4. The van der Waals surface area contributed by atoms with Crippen LogP contribution in [0.3, 0.4) is 0 Å². The summed E-state index contributed by atoms with van der Waals surface area (Å²) in [5.74, 6) is 1.25. The van der Waals surface area contributed by atoms with E-state index < -0.39 is 0 Å². The summed E-state index contributed by atoms with van der Waals surface area (Å²) in [6, 6.07) is 15.2. The van der Waals surface area contributed by atoms with Crippen LogP contribution in [0.5, 0.6) is 11.5 Å². The average molecular weight is 362 g/mol. The molecule has 0 N–H and O–H groups in total. The summed E-state index contributed by atoms with van der Waals surface area (Å²) in [4.78, 5) is 12.8. The number of rotatable bonds is 6. The highest BCUT2D eigenvalue weighted by Crippen LogP contribution is 2.26. The predicted molar refractivity (Wildman–Crippen MR) is 106 cm³/mol. The number of ketones is 1. The zero-order valence-electron chi connectivity index (χ0n) is 15.9. The number of aryl methyl sites for hydroxylation is 1. The number of methoxy groups -OCH3 is 2. The first-order valence-electron chi connectivity index (χ1n) is 8.61. The van der Waals surface area contributed by atoms with Crippen LogP contribution in [0.4, 0.5) is 0 Å². The van der Waals surface area contributed by atoms with E-state index in [9.17, 15) is 4.79 Å². The molecule has 1 aromatic heterocycles. The number of carbonyl (C=O) groups is 1. The van der Waals surface area contributed by atoms with Crippen LogP contribution in [0.1, 0.15) is 27.3 Å². The lowest BCUT2D eigenvalue weighted by atomic mass is 10.1. The molecule has 3 rings (SSSR count). The Hall–Kier alpha value is -3.34. The van der Waals surface area contributed by atoms with Gasteiger partial charge in [0.25, 0.3) is 0 Å². The summed E-state index contributed by atoms with van der Waals surface area (Å²) in [6.07, 6.45) is 3.30. The Morgan fingerprint density at radius 1 is 1.04 bits per heavy atom. The highest BCUT2D eigenvalue weighted by molar-refractivity contribution is 6.08. The summed E-state index contributed by atoms with van der Waals surface area (Å²) in [6.45, 7) is 3.75. The second kappa shape index (κ2) is 7.91.